The summed E-state index contributed by atoms with van der Waals surface area (Å²) in [5.74, 6) is -1.56. The average Bonchev–Trinajstić information content (AvgIpc) is 0.782. The van der Waals surface area contributed by atoms with Crippen molar-refractivity contribution in [2.45, 2.75) is 352 Å². The van der Waals surface area contributed by atoms with Gasteiger partial charge >= 0.3 is 18.3 Å². The summed E-state index contributed by atoms with van der Waals surface area (Å²) >= 11 is 0. The first-order valence-electron chi connectivity index (χ1n) is 39.0. The number of ether oxygens (including phenoxy) is 11. The Morgan fingerprint density at radius 3 is 1.53 bits per heavy atom. The van der Waals surface area contributed by atoms with Gasteiger partial charge in [0.05, 0.1) is 19.1 Å². The molecule has 0 aromatic rings. The summed E-state index contributed by atoms with van der Waals surface area (Å²) in [6, 6.07) is -1.38. The second-order valence-corrected chi connectivity index (χ2v) is 29.6. The van der Waals surface area contributed by atoms with Crippen molar-refractivity contribution in [2.75, 3.05) is 59.1 Å². The van der Waals surface area contributed by atoms with Gasteiger partial charge in [-0.2, -0.15) is 0 Å². The molecule has 0 radical (unpaired) electrons. The van der Waals surface area contributed by atoms with Crippen molar-refractivity contribution in [3.8, 4) is 0 Å². The van der Waals surface area contributed by atoms with Crippen molar-refractivity contribution in [2.24, 2.45) is 0 Å². The highest BCUT2D eigenvalue weighted by molar-refractivity contribution is 7.59. The Balaban J connectivity index is 2.73. The number of hydrogen-bond donors (Lipinski definition) is 2. The lowest BCUT2D eigenvalue weighted by Crippen LogP contribution is -2.67. The van der Waals surface area contributed by atoms with Crippen LogP contribution in [-0.4, -0.2) is 162 Å². The lowest BCUT2D eigenvalue weighted by molar-refractivity contribution is -0.323. The fraction of sp³-hybridized carbons (Fsp3) is 0.810. The molecular formula is C79H138NO19P. The highest BCUT2D eigenvalue weighted by atomic mass is 31.2. The minimum atomic E-state index is -3.74. The van der Waals surface area contributed by atoms with E-state index in [9.17, 15) is 33.6 Å². The number of hydrogen-bond acceptors (Lipinski definition) is 19. The van der Waals surface area contributed by atoms with Crippen molar-refractivity contribution in [1.29, 1.82) is 0 Å². The molecule has 0 aromatic carbocycles. The molecule has 0 bridgehead atoms. The number of nitrogens with one attached hydrogen (secondary N) is 1. The predicted molar refractivity (Wildman–Crippen MR) is 396 cm³/mol. The molecule has 0 aliphatic carbocycles. The zero-order valence-electron chi connectivity index (χ0n) is 62.8. The van der Waals surface area contributed by atoms with Gasteiger partial charge in [0.25, 0.3) is 0 Å². The fourth-order valence-corrected chi connectivity index (χ4v) is 14.3. The third-order valence-corrected chi connectivity index (χ3v) is 20.5. The maximum Gasteiger partial charge on any atom is 0.509 e. The maximum absolute atomic E-state index is 14.9. The van der Waals surface area contributed by atoms with Gasteiger partial charge in [0.1, 0.15) is 62.2 Å². The third kappa shape index (κ3) is 43.1. The summed E-state index contributed by atoms with van der Waals surface area (Å²) in [5, 5.41) is 14.9. The second-order valence-electron chi connectivity index (χ2n) is 27.0. The van der Waals surface area contributed by atoms with Crippen LogP contribution in [0.15, 0.2) is 62.8 Å². The van der Waals surface area contributed by atoms with Crippen LogP contribution in [0.2, 0.25) is 0 Å². The number of allylic oxidation sites excluding steroid dienone is 4. The molecule has 2 fully saturated rings. The summed E-state index contributed by atoms with van der Waals surface area (Å²) in [5.41, 5.74) is 0. The van der Waals surface area contributed by atoms with Gasteiger partial charge in [-0.1, -0.05) is 257 Å². The molecule has 21 heteroatoms. The van der Waals surface area contributed by atoms with Crippen molar-refractivity contribution < 1.29 is 90.3 Å². The van der Waals surface area contributed by atoms with Crippen LogP contribution >= 0.6 is 7.37 Å². The predicted octanol–water partition coefficient (Wildman–Crippen LogP) is 18.5. The first kappa shape index (κ1) is 91.8. The van der Waals surface area contributed by atoms with Gasteiger partial charge in [0.2, 0.25) is 13.3 Å². The smallest absolute Gasteiger partial charge is 0.454 e. The molecule has 2 N–H and O–H groups in total. The van der Waals surface area contributed by atoms with E-state index in [0.717, 1.165) is 154 Å². The van der Waals surface area contributed by atoms with E-state index >= 15 is 0 Å². The van der Waals surface area contributed by atoms with E-state index in [-0.39, 0.29) is 63.5 Å². The summed E-state index contributed by atoms with van der Waals surface area (Å²) in [4.78, 5) is 68.7. The molecular weight excluding hydrogens is 1300 g/mol. The molecule has 100 heavy (non-hydrogen) atoms. The van der Waals surface area contributed by atoms with Crippen LogP contribution in [0.25, 0.3) is 0 Å². The van der Waals surface area contributed by atoms with Crippen LogP contribution in [0.5, 0.6) is 0 Å². The Labute approximate surface area is 604 Å². The number of esters is 1. The number of methoxy groups -OCH3 is 1. The van der Waals surface area contributed by atoms with Gasteiger partial charge in [0, 0.05) is 45.5 Å². The molecule has 2 aliphatic heterocycles. The van der Waals surface area contributed by atoms with Gasteiger partial charge in [-0.15, -0.1) is 13.2 Å². The molecule has 0 spiro atoms. The summed E-state index contributed by atoms with van der Waals surface area (Å²) < 4.78 is 89.6. The third-order valence-electron chi connectivity index (χ3n) is 18.2. The van der Waals surface area contributed by atoms with Crippen LogP contribution in [0.1, 0.15) is 285 Å². The highest BCUT2D eigenvalue weighted by Gasteiger charge is 2.55. The van der Waals surface area contributed by atoms with Crippen molar-refractivity contribution in [1.82, 2.24) is 5.32 Å². The van der Waals surface area contributed by atoms with Crippen molar-refractivity contribution in [3.63, 3.8) is 0 Å². The largest absolute Gasteiger partial charge is 0.509 e. The molecule has 2 aliphatic rings. The topological polar surface area (TPSA) is 245 Å². The Morgan fingerprint density at radius 2 is 0.980 bits per heavy atom. The van der Waals surface area contributed by atoms with Gasteiger partial charge < -0.3 is 67.1 Å². The highest BCUT2D eigenvalue weighted by Crippen LogP contribution is 2.51. The normalized spacial score (nSPS) is 21.1. The molecule has 0 unspecified atom stereocenters. The number of amides is 1. The van der Waals surface area contributed by atoms with Gasteiger partial charge in [-0.25, -0.2) is 9.59 Å². The van der Waals surface area contributed by atoms with E-state index in [1.165, 1.54) is 82.1 Å². The molecule has 0 aromatic heterocycles. The number of aliphatic hydroxyl groups is 1. The number of ketones is 1. The minimum absolute atomic E-state index is 0.0118. The summed E-state index contributed by atoms with van der Waals surface area (Å²) in [6.07, 6.45) is 31.9. The zero-order chi connectivity index (χ0) is 73.1. The Hall–Kier alpha value is -4.24. The van der Waals surface area contributed by atoms with Crippen molar-refractivity contribution in [3.05, 3.63) is 62.8 Å². The molecule has 1 amide bonds. The molecule has 0 saturated carbocycles. The van der Waals surface area contributed by atoms with E-state index in [4.69, 9.17) is 56.6 Å². The molecule has 11 atom stereocenters. The zero-order valence-corrected chi connectivity index (χ0v) is 63.7. The quantitative estimate of drug-likeness (QED) is 0.0143. The Kier molecular flexibility index (Phi) is 56.1. The summed E-state index contributed by atoms with van der Waals surface area (Å²) in [6.45, 7) is 22.4. The molecule has 2 rings (SSSR count). The Bertz CT molecular complexity index is 2220. The lowest BCUT2D eigenvalue weighted by Gasteiger charge is -2.47. The van der Waals surface area contributed by atoms with Crippen LogP contribution in [0.3, 0.4) is 0 Å². The standard InChI is InChI=1S/C79H138NO19P/c1-10-18-22-26-29-32-33-34-35-36-37-39-41-45-49-53-69(83)97-75-74(90-58-54-65(88-9)52-48-43-25-21-13-4)72(99-100(87,59-16-7)60-17-8)67(63-94-78(85)91-55-14-5)96-77(75)93-62-66-71(98-79(86)92-56-15-6)73(89-57-50-46-42-31-28-24-20-12-3)70(76(84)95-66)80-68(82)61-64(81)51-47-44-40-38-30-27-23-19-11-2/h14-17,32-33,65-67,70-77,84H,5-8,10-13,18-31,34-63H2,1-4,9H3,(H,80,82)/b33-32-/t65-,66-,67-,70-,71-,72-,73-,74+,75-,76+,77-/m1/s1. The first-order valence-corrected chi connectivity index (χ1v) is 41.0. The Morgan fingerprint density at radius 1 is 0.490 bits per heavy atom. The summed E-state index contributed by atoms with van der Waals surface area (Å²) in [7, 11) is -2.10. The molecule has 2 saturated heterocycles. The number of unbranched alkanes of at least 4 members (excludes halogenated alkanes) is 30. The van der Waals surface area contributed by atoms with E-state index in [2.05, 4.69) is 71.5 Å². The maximum atomic E-state index is 14.9. The number of Topliss-reactive ketones (excluding diaryl/α,β-unsaturated/α-hetero) is 1. The minimum Gasteiger partial charge on any atom is -0.454 e. The lowest BCUT2D eigenvalue weighted by atomic mass is 9.95. The number of carbonyl (C=O) groups is 5. The monoisotopic (exact) mass is 1440 g/mol. The van der Waals surface area contributed by atoms with E-state index < -0.39 is 113 Å². The fourth-order valence-electron chi connectivity index (χ4n) is 12.5. The van der Waals surface area contributed by atoms with Gasteiger partial charge in [0.15, 0.2) is 24.8 Å². The van der Waals surface area contributed by atoms with E-state index in [1.54, 1.807) is 7.11 Å². The van der Waals surface area contributed by atoms with Gasteiger partial charge in [-0.05, 0) is 57.8 Å². The van der Waals surface area contributed by atoms with Crippen LogP contribution in [0, 0.1) is 0 Å². The number of carbonyl (C=O) groups excluding carboxylic acids is 5. The van der Waals surface area contributed by atoms with E-state index in [1.807, 2.05) is 0 Å². The number of rotatable bonds is 66. The first-order chi connectivity index (χ1) is 48.7. The van der Waals surface area contributed by atoms with E-state index in [0.29, 0.717) is 25.7 Å². The number of aliphatic hydroxyl groups excluding tert-OH is 1. The average molecular weight is 1440 g/mol. The van der Waals surface area contributed by atoms with Crippen LogP contribution < -0.4 is 5.32 Å². The van der Waals surface area contributed by atoms with Crippen LogP contribution in [-0.2, 0) is 75.6 Å². The second kappa shape index (κ2) is 61.1. The van der Waals surface area contributed by atoms with Crippen molar-refractivity contribution >= 4 is 37.3 Å². The molecule has 20 nitrogen and oxygen atoms in total. The van der Waals surface area contributed by atoms with Gasteiger partial charge in [-0.3, -0.25) is 18.9 Å². The van der Waals surface area contributed by atoms with Crippen LogP contribution in [0.4, 0.5) is 9.59 Å². The molecule has 2 heterocycles. The SMILES string of the molecule is C=CCOC(=O)OC[C@H]1O[C@@H](OC[C@H]2O[C@H](O)[C@H](NC(=O)CC(=O)CCCCCCCCCCC)[C@@H](OCCCCCCCCCC)[C@@H]2OC(=O)OCC=C)[C@H](OC(=O)CCCCCCCCC/C=C\CCCCCC)[C@@H](OCC[C@@H](CCCCCCC)OC)[C@@H]1OP(=O)(CC=C)CC=C. The molecule has 578 valence electrons.